The number of nitrogens with zero attached hydrogens (tertiary/aromatic N) is 3. The second kappa shape index (κ2) is 10.0. The predicted octanol–water partition coefficient (Wildman–Crippen LogP) is 5.28. The van der Waals surface area contributed by atoms with Crippen LogP contribution in [0.15, 0.2) is 66.0 Å². The molecule has 1 N–H and O–H groups in total. The Kier molecular flexibility index (Phi) is 6.65. The molecule has 5 rings (SSSR count). The maximum atomic E-state index is 14.4. The van der Waals surface area contributed by atoms with Crippen molar-refractivity contribution in [1.82, 2.24) is 14.4 Å². The lowest BCUT2D eigenvalue weighted by molar-refractivity contribution is 0.0583. The quantitative estimate of drug-likeness (QED) is 0.401. The molecule has 0 aliphatic carbocycles. The Morgan fingerprint density at radius 2 is 1.89 bits per heavy atom. The number of anilines is 1. The van der Waals surface area contributed by atoms with Gasteiger partial charge in [0.2, 0.25) is 0 Å². The van der Waals surface area contributed by atoms with Crippen LogP contribution in [0, 0.1) is 5.82 Å². The first kappa shape index (κ1) is 23.9. The molecule has 186 valence electrons. The number of thiophene rings is 1. The van der Waals surface area contributed by atoms with Crippen LogP contribution in [0.25, 0.3) is 10.2 Å². The van der Waals surface area contributed by atoms with Gasteiger partial charge in [-0.25, -0.2) is 9.18 Å². The van der Waals surface area contributed by atoms with Crippen LogP contribution in [-0.2, 0) is 6.54 Å². The lowest BCUT2D eigenvalue weighted by atomic mass is 10.1. The van der Waals surface area contributed by atoms with Crippen LogP contribution in [0.4, 0.5) is 14.9 Å². The third-order valence-electron chi connectivity index (χ3n) is 6.53. The zero-order chi connectivity index (χ0) is 25.2. The molecule has 2 aromatic heterocycles. The largest absolute Gasteiger partial charge is 0.495 e. The molecular formula is C27H27FN4O3S. The van der Waals surface area contributed by atoms with E-state index >= 15 is 0 Å². The van der Waals surface area contributed by atoms with E-state index < -0.39 is 0 Å². The number of carbonyl (C=O) groups excluding carboxylic acids is 2. The smallest absolute Gasteiger partial charge is 0.322 e. The minimum atomic E-state index is -0.294. The average molecular weight is 507 g/mol. The van der Waals surface area contributed by atoms with E-state index in [0.29, 0.717) is 42.3 Å². The summed E-state index contributed by atoms with van der Waals surface area (Å²) >= 11 is 1.53. The normalized spacial score (nSPS) is 15.8. The highest BCUT2D eigenvalue weighted by Gasteiger charge is 2.32. The number of piperazine rings is 1. The van der Waals surface area contributed by atoms with Crippen LogP contribution >= 0.6 is 11.3 Å². The number of para-hydroxylation sites is 2. The fourth-order valence-corrected chi connectivity index (χ4v) is 5.54. The maximum Gasteiger partial charge on any atom is 0.322 e. The van der Waals surface area contributed by atoms with Gasteiger partial charge >= 0.3 is 6.03 Å². The molecule has 9 heteroatoms. The zero-order valence-electron chi connectivity index (χ0n) is 20.1. The van der Waals surface area contributed by atoms with Gasteiger partial charge < -0.3 is 24.4 Å². The van der Waals surface area contributed by atoms with Gasteiger partial charge in [-0.15, -0.1) is 11.3 Å². The van der Waals surface area contributed by atoms with Crippen LogP contribution in [0.1, 0.15) is 23.0 Å². The number of methoxy groups -OCH3 is 1. The fraction of sp³-hybridized carbons (Fsp3) is 0.259. The zero-order valence-corrected chi connectivity index (χ0v) is 20.9. The van der Waals surface area contributed by atoms with E-state index in [-0.39, 0.29) is 30.3 Å². The molecule has 0 radical (unpaired) electrons. The molecule has 0 saturated carbocycles. The molecule has 4 aromatic rings. The Morgan fingerprint density at radius 3 is 2.67 bits per heavy atom. The number of rotatable bonds is 5. The summed E-state index contributed by atoms with van der Waals surface area (Å²) in [4.78, 5) is 31.1. The number of carbonyl (C=O) groups is 2. The molecule has 0 unspecified atom stereocenters. The summed E-state index contributed by atoms with van der Waals surface area (Å²) in [6.45, 7) is 3.40. The van der Waals surface area contributed by atoms with Gasteiger partial charge in [0.05, 0.1) is 19.3 Å². The fourth-order valence-electron chi connectivity index (χ4n) is 4.65. The second-order valence-corrected chi connectivity index (χ2v) is 9.71. The van der Waals surface area contributed by atoms with E-state index in [4.69, 9.17) is 4.74 Å². The van der Waals surface area contributed by atoms with E-state index in [1.165, 1.54) is 17.4 Å². The number of benzene rings is 2. The molecule has 2 aromatic carbocycles. The van der Waals surface area contributed by atoms with Crippen LogP contribution in [0.3, 0.4) is 0 Å². The first-order chi connectivity index (χ1) is 17.5. The topological polar surface area (TPSA) is 66.8 Å². The Bertz CT molecular complexity index is 1420. The summed E-state index contributed by atoms with van der Waals surface area (Å²) in [6.07, 6.45) is 0. The Labute approximate surface area is 212 Å². The number of halogens is 1. The van der Waals surface area contributed by atoms with Gasteiger partial charge in [0, 0.05) is 36.6 Å². The highest BCUT2D eigenvalue weighted by molar-refractivity contribution is 7.16. The molecular weight excluding hydrogens is 479 g/mol. The van der Waals surface area contributed by atoms with E-state index in [0.717, 1.165) is 10.2 Å². The third kappa shape index (κ3) is 4.54. The van der Waals surface area contributed by atoms with E-state index in [1.807, 2.05) is 41.1 Å². The van der Waals surface area contributed by atoms with Crippen molar-refractivity contribution < 1.29 is 18.7 Å². The van der Waals surface area contributed by atoms with Crippen molar-refractivity contribution in [3.8, 4) is 5.75 Å². The number of urea groups is 1. The van der Waals surface area contributed by atoms with Crippen molar-refractivity contribution in [1.29, 1.82) is 0 Å². The predicted molar refractivity (Wildman–Crippen MR) is 139 cm³/mol. The lowest BCUT2D eigenvalue weighted by Gasteiger charge is -2.39. The summed E-state index contributed by atoms with van der Waals surface area (Å²) in [6, 6.07) is 17.3. The number of hydrogen-bond donors (Lipinski definition) is 1. The first-order valence-corrected chi connectivity index (χ1v) is 12.6. The molecule has 3 heterocycles. The molecule has 1 fully saturated rings. The monoisotopic (exact) mass is 506 g/mol. The van der Waals surface area contributed by atoms with Crippen LogP contribution in [-0.4, -0.2) is 59.1 Å². The molecule has 7 nitrogen and oxygen atoms in total. The molecule has 1 aliphatic heterocycles. The lowest BCUT2D eigenvalue weighted by Crippen LogP contribution is -2.56. The standard InChI is InChI=1S/C27H27FN4O3S/c1-18-16-30(12-13-31(18)27(34)29-22-9-5-6-10-24(22)35-2)25(33)23-15-19-11-14-36-26(19)32(23)17-20-7-3-4-8-21(20)28/h3-11,14-15,18H,12-13,16-17H2,1-2H3,(H,29,34)/t18-/m1/s1. The number of fused-ring (bicyclic) bond motifs is 1. The Hall–Kier alpha value is -3.85. The first-order valence-electron chi connectivity index (χ1n) is 11.8. The molecule has 3 amide bonds. The minimum absolute atomic E-state index is 0.119. The van der Waals surface area contributed by atoms with E-state index in [2.05, 4.69) is 5.32 Å². The molecule has 0 spiro atoms. The van der Waals surface area contributed by atoms with E-state index in [9.17, 15) is 14.0 Å². The number of ether oxygens (including phenoxy) is 1. The highest BCUT2D eigenvalue weighted by Crippen LogP contribution is 2.29. The minimum Gasteiger partial charge on any atom is -0.495 e. The number of amides is 3. The van der Waals surface area contributed by atoms with Gasteiger partial charge in [0.15, 0.2) is 0 Å². The van der Waals surface area contributed by atoms with E-state index in [1.54, 1.807) is 47.2 Å². The van der Waals surface area contributed by atoms with Crippen molar-refractivity contribution in [2.45, 2.75) is 19.5 Å². The van der Waals surface area contributed by atoms with Crippen molar-refractivity contribution in [3.63, 3.8) is 0 Å². The number of nitrogens with one attached hydrogen (secondary N) is 1. The van der Waals surface area contributed by atoms with Gasteiger partial charge in [-0.05, 0) is 42.6 Å². The SMILES string of the molecule is COc1ccccc1NC(=O)N1CCN(C(=O)c2cc3ccsc3n2Cc2ccccc2F)C[C@H]1C. The average Bonchev–Trinajstić information content (AvgIpc) is 3.47. The molecule has 1 saturated heterocycles. The maximum absolute atomic E-state index is 14.4. The van der Waals surface area contributed by atoms with Crippen LogP contribution in [0.5, 0.6) is 5.75 Å². The summed E-state index contributed by atoms with van der Waals surface area (Å²) in [5.74, 6) is 0.173. The third-order valence-corrected chi connectivity index (χ3v) is 7.48. The molecule has 1 atom stereocenters. The summed E-state index contributed by atoms with van der Waals surface area (Å²) in [5.41, 5.74) is 1.66. The van der Waals surface area contributed by atoms with Crippen molar-refractivity contribution in [2.75, 3.05) is 32.1 Å². The number of hydrogen-bond acceptors (Lipinski definition) is 4. The van der Waals surface area contributed by atoms with Crippen molar-refractivity contribution >= 4 is 39.2 Å². The van der Waals surface area contributed by atoms with Gasteiger partial charge in [-0.2, -0.15) is 0 Å². The van der Waals surface area contributed by atoms with Gasteiger partial charge in [-0.3, -0.25) is 4.79 Å². The molecule has 0 bridgehead atoms. The van der Waals surface area contributed by atoms with Gasteiger partial charge in [-0.1, -0.05) is 30.3 Å². The van der Waals surface area contributed by atoms with Crippen LogP contribution in [0.2, 0.25) is 0 Å². The van der Waals surface area contributed by atoms with Crippen LogP contribution < -0.4 is 10.1 Å². The highest BCUT2D eigenvalue weighted by atomic mass is 32.1. The summed E-state index contributed by atoms with van der Waals surface area (Å²) in [7, 11) is 1.56. The Balaban J connectivity index is 1.32. The molecule has 36 heavy (non-hydrogen) atoms. The summed E-state index contributed by atoms with van der Waals surface area (Å²) in [5, 5.41) is 5.84. The second-order valence-electron chi connectivity index (χ2n) is 8.81. The van der Waals surface area contributed by atoms with Crippen molar-refractivity contribution in [2.24, 2.45) is 0 Å². The number of aromatic nitrogens is 1. The molecule has 1 aliphatic rings. The van der Waals surface area contributed by atoms with Gasteiger partial charge in [0.25, 0.3) is 5.91 Å². The van der Waals surface area contributed by atoms with Gasteiger partial charge in [0.1, 0.15) is 22.1 Å². The summed E-state index contributed by atoms with van der Waals surface area (Å²) < 4.78 is 21.6. The Morgan fingerprint density at radius 1 is 1.11 bits per heavy atom. The van der Waals surface area contributed by atoms with Crippen molar-refractivity contribution in [3.05, 3.63) is 83.1 Å².